The van der Waals surface area contributed by atoms with Crippen molar-refractivity contribution in [3.8, 4) is 0 Å². The van der Waals surface area contributed by atoms with Gasteiger partial charge in [-0.2, -0.15) is 0 Å². The molecule has 4 aliphatic carbocycles. The Hall–Kier alpha value is -1.87. The maximum Gasteiger partial charge on any atom is 0.220 e. The van der Waals surface area contributed by atoms with Crippen LogP contribution in [0, 0.1) is 17.3 Å². The molecule has 2 aromatic rings. The fourth-order valence-electron chi connectivity index (χ4n) is 6.90. The van der Waals surface area contributed by atoms with Gasteiger partial charge in [0.2, 0.25) is 5.91 Å². The van der Waals surface area contributed by atoms with Crippen LogP contribution < -0.4 is 5.32 Å². The van der Waals surface area contributed by atoms with Crippen molar-refractivity contribution in [2.24, 2.45) is 17.3 Å². The summed E-state index contributed by atoms with van der Waals surface area (Å²) in [6, 6.07) is 12.4. The number of aromatic nitrogens is 1. The molecule has 2 unspecified atom stereocenters. The van der Waals surface area contributed by atoms with E-state index in [4.69, 9.17) is 11.6 Å². The highest BCUT2D eigenvalue weighted by molar-refractivity contribution is 6.30. The molecule has 3 nitrogen and oxygen atoms in total. The van der Waals surface area contributed by atoms with Crippen molar-refractivity contribution in [3.05, 3.63) is 64.9 Å². The van der Waals surface area contributed by atoms with Crippen LogP contribution in [0.2, 0.25) is 5.02 Å². The lowest BCUT2D eigenvalue weighted by molar-refractivity contribution is -0.131. The molecule has 0 saturated heterocycles. The second kappa shape index (κ2) is 6.88. The Bertz CT molecular complexity index is 850. The molecule has 4 saturated carbocycles. The summed E-state index contributed by atoms with van der Waals surface area (Å²) in [6.07, 6.45) is 11.7. The number of carbonyl (C=O) groups excluding carboxylic acids is 1. The van der Waals surface area contributed by atoms with E-state index in [1.807, 2.05) is 24.3 Å². The van der Waals surface area contributed by atoms with Gasteiger partial charge in [-0.1, -0.05) is 23.7 Å². The first-order chi connectivity index (χ1) is 13.5. The van der Waals surface area contributed by atoms with Crippen LogP contribution in [0.1, 0.15) is 56.1 Å². The number of amides is 1. The van der Waals surface area contributed by atoms with Gasteiger partial charge in [0.15, 0.2) is 0 Å². The lowest BCUT2D eigenvalue weighted by Gasteiger charge is -2.62. The second-order valence-corrected chi connectivity index (χ2v) is 9.99. The van der Waals surface area contributed by atoms with Gasteiger partial charge in [-0.05, 0) is 96.6 Å². The largest absolute Gasteiger partial charge is 0.352 e. The highest BCUT2D eigenvalue weighted by Crippen LogP contribution is 2.66. The van der Waals surface area contributed by atoms with Gasteiger partial charge in [-0.15, -0.1) is 0 Å². The molecule has 4 bridgehead atoms. The number of benzene rings is 1. The Morgan fingerprint density at radius 1 is 1.04 bits per heavy atom. The van der Waals surface area contributed by atoms with Crippen LogP contribution in [0.15, 0.2) is 48.8 Å². The topological polar surface area (TPSA) is 42.0 Å². The molecule has 4 fully saturated rings. The van der Waals surface area contributed by atoms with Crippen LogP contribution in [0.3, 0.4) is 0 Å². The SMILES string of the molecule is O=C(CC12CC3CC(C1)CC(c1ccc(Cl)cc1)(C3)C2)NCc1ccncc1. The standard InChI is InChI=1S/C24H27ClN2O/c25-21-3-1-20(2-4-21)24-12-18-9-19(13-24)11-23(10-18,16-24)14-22(28)27-15-17-5-7-26-8-6-17/h1-8,18-19H,9-16H2,(H,27,28). The van der Waals surface area contributed by atoms with Crippen molar-refractivity contribution >= 4 is 17.5 Å². The molecule has 1 aromatic carbocycles. The van der Waals surface area contributed by atoms with Crippen LogP contribution in [0.5, 0.6) is 0 Å². The third kappa shape index (κ3) is 3.34. The molecule has 4 heteroatoms. The van der Waals surface area contributed by atoms with E-state index in [0.717, 1.165) is 28.8 Å². The molecule has 4 aliphatic rings. The molecule has 0 spiro atoms. The molecular weight excluding hydrogens is 368 g/mol. The predicted octanol–water partition coefficient (Wildman–Crippen LogP) is 5.28. The van der Waals surface area contributed by atoms with Gasteiger partial charge in [-0.25, -0.2) is 0 Å². The zero-order valence-corrected chi connectivity index (χ0v) is 16.9. The van der Waals surface area contributed by atoms with E-state index in [-0.39, 0.29) is 16.7 Å². The summed E-state index contributed by atoms with van der Waals surface area (Å²) in [5, 5.41) is 3.95. The number of hydrogen-bond acceptors (Lipinski definition) is 2. The van der Waals surface area contributed by atoms with E-state index >= 15 is 0 Å². The van der Waals surface area contributed by atoms with Crippen molar-refractivity contribution in [1.82, 2.24) is 10.3 Å². The summed E-state index contributed by atoms with van der Waals surface area (Å²) >= 11 is 6.14. The first kappa shape index (κ1) is 18.2. The van der Waals surface area contributed by atoms with Crippen LogP contribution in [0.25, 0.3) is 0 Å². The number of hydrogen-bond donors (Lipinski definition) is 1. The zero-order chi connectivity index (χ0) is 19.2. The van der Waals surface area contributed by atoms with Gasteiger partial charge in [0, 0.05) is 30.4 Å². The monoisotopic (exact) mass is 394 g/mol. The molecule has 28 heavy (non-hydrogen) atoms. The first-order valence-corrected chi connectivity index (χ1v) is 10.8. The predicted molar refractivity (Wildman–Crippen MR) is 111 cm³/mol. The highest BCUT2D eigenvalue weighted by Gasteiger charge is 2.58. The Morgan fingerprint density at radius 3 is 2.39 bits per heavy atom. The maximum atomic E-state index is 12.8. The average molecular weight is 395 g/mol. The quantitative estimate of drug-likeness (QED) is 0.749. The second-order valence-electron chi connectivity index (χ2n) is 9.56. The Labute approximate surface area is 171 Å². The lowest BCUT2D eigenvalue weighted by atomic mass is 9.42. The van der Waals surface area contributed by atoms with Crippen LogP contribution >= 0.6 is 11.6 Å². The minimum absolute atomic E-state index is 0.173. The molecular formula is C24H27ClN2O. The first-order valence-electron chi connectivity index (χ1n) is 10.5. The molecule has 0 aliphatic heterocycles. The number of halogens is 1. The van der Waals surface area contributed by atoms with Gasteiger partial charge in [-0.3, -0.25) is 9.78 Å². The van der Waals surface area contributed by atoms with Crippen molar-refractivity contribution in [2.45, 2.75) is 56.9 Å². The van der Waals surface area contributed by atoms with Crippen molar-refractivity contribution in [1.29, 1.82) is 0 Å². The van der Waals surface area contributed by atoms with E-state index in [1.165, 1.54) is 37.7 Å². The fraction of sp³-hybridized carbons (Fsp3) is 0.500. The van der Waals surface area contributed by atoms with Gasteiger partial charge in [0.05, 0.1) is 0 Å². The van der Waals surface area contributed by atoms with E-state index < -0.39 is 0 Å². The van der Waals surface area contributed by atoms with E-state index in [2.05, 4.69) is 22.4 Å². The Morgan fingerprint density at radius 2 is 1.71 bits per heavy atom. The van der Waals surface area contributed by atoms with E-state index in [9.17, 15) is 4.79 Å². The summed E-state index contributed by atoms with van der Waals surface area (Å²) in [4.78, 5) is 16.9. The summed E-state index contributed by atoms with van der Waals surface area (Å²) < 4.78 is 0. The van der Waals surface area contributed by atoms with Crippen molar-refractivity contribution in [2.75, 3.05) is 0 Å². The van der Waals surface area contributed by atoms with Crippen LogP contribution in [0.4, 0.5) is 0 Å². The summed E-state index contributed by atoms with van der Waals surface area (Å²) in [7, 11) is 0. The average Bonchev–Trinajstić information content (AvgIpc) is 2.66. The Balaban J connectivity index is 1.33. The number of nitrogens with one attached hydrogen (secondary N) is 1. The summed E-state index contributed by atoms with van der Waals surface area (Å²) in [5.41, 5.74) is 2.96. The molecule has 6 rings (SSSR count). The van der Waals surface area contributed by atoms with Crippen LogP contribution in [-0.4, -0.2) is 10.9 Å². The van der Waals surface area contributed by atoms with Crippen molar-refractivity contribution in [3.63, 3.8) is 0 Å². The zero-order valence-electron chi connectivity index (χ0n) is 16.2. The molecule has 1 amide bonds. The normalized spacial score (nSPS) is 33.0. The smallest absolute Gasteiger partial charge is 0.220 e. The summed E-state index contributed by atoms with van der Waals surface area (Å²) in [6.45, 7) is 0.590. The van der Waals surface area contributed by atoms with Gasteiger partial charge in [0.1, 0.15) is 0 Å². The molecule has 1 heterocycles. The minimum atomic E-state index is 0.173. The van der Waals surface area contributed by atoms with Crippen molar-refractivity contribution < 1.29 is 4.79 Å². The number of pyridine rings is 1. The number of rotatable bonds is 5. The number of carbonyl (C=O) groups is 1. The maximum absolute atomic E-state index is 12.8. The molecule has 0 radical (unpaired) electrons. The minimum Gasteiger partial charge on any atom is -0.352 e. The lowest BCUT2D eigenvalue weighted by Crippen LogP contribution is -2.55. The van der Waals surface area contributed by atoms with Gasteiger partial charge >= 0.3 is 0 Å². The third-order valence-corrected chi connectivity index (χ3v) is 7.67. The Kier molecular flexibility index (Phi) is 4.46. The molecule has 2 atom stereocenters. The van der Waals surface area contributed by atoms with Gasteiger partial charge < -0.3 is 5.32 Å². The molecule has 1 aromatic heterocycles. The van der Waals surface area contributed by atoms with Crippen LogP contribution in [-0.2, 0) is 16.8 Å². The highest BCUT2D eigenvalue weighted by atomic mass is 35.5. The van der Waals surface area contributed by atoms with E-state index in [1.54, 1.807) is 12.4 Å². The molecule has 1 N–H and O–H groups in total. The molecule has 146 valence electrons. The fourth-order valence-corrected chi connectivity index (χ4v) is 7.03. The third-order valence-electron chi connectivity index (χ3n) is 7.41. The van der Waals surface area contributed by atoms with E-state index in [0.29, 0.717) is 13.0 Å². The summed E-state index contributed by atoms with van der Waals surface area (Å²) in [5.74, 6) is 1.74. The number of nitrogens with zero attached hydrogens (tertiary/aromatic N) is 1. The van der Waals surface area contributed by atoms with Gasteiger partial charge in [0.25, 0.3) is 0 Å².